The maximum absolute atomic E-state index is 14.8. The lowest BCUT2D eigenvalue weighted by molar-refractivity contribution is -0.169. The minimum atomic E-state index is -3.36. The number of benzene rings is 2. The van der Waals surface area contributed by atoms with Gasteiger partial charge in [-0.2, -0.15) is 5.26 Å². The van der Waals surface area contributed by atoms with E-state index in [2.05, 4.69) is 0 Å². The van der Waals surface area contributed by atoms with Gasteiger partial charge in [0, 0.05) is 25.0 Å². The zero-order valence-corrected chi connectivity index (χ0v) is 17.1. The molecule has 2 aromatic carbocycles. The number of aliphatic hydroxyl groups is 1. The topological polar surface area (TPSA) is 62.5 Å². The van der Waals surface area contributed by atoms with Crippen LogP contribution in [0.1, 0.15) is 64.3 Å². The summed E-state index contributed by atoms with van der Waals surface area (Å²) < 4.78 is 68.3. The number of nitriles is 1. The highest BCUT2D eigenvalue weighted by molar-refractivity contribution is 6.31. The predicted molar refractivity (Wildman–Crippen MR) is 103 cm³/mol. The summed E-state index contributed by atoms with van der Waals surface area (Å²) in [5.41, 5.74) is 0.714. The van der Waals surface area contributed by atoms with Crippen LogP contribution in [-0.4, -0.2) is 24.9 Å². The van der Waals surface area contributed by atoms with Crippen LogP contribution in [0.4, 0.5) is 17.6 Å². The fourth-order valence-corrected chi connectivity index (χ4v) is 4.97. The van der Waals surface area contributed by atoms with Gasteiger partial charge in [-0.1, -0.05) is 11.6 Å². The van der Waals surface area contributed by atoms with Gasteiger partial charge in [-0.25, -0.2) is 17.6 Å². The summed E-state index contributed by atoms with van der Waals surface area (Å²) in [7, 11) is 1.28. The number of hydrogen-bond acceptors (Lipinski definition) is 4. The number of nitrogens with zero attached hydrogens (tertiary/aromatic N) is 1. The first kappa shape index (κ1) is 22.0. The maximum Gasteiger partial charge on any atom is 0.282 e. The van der Waals surface area contributed by atoms with E-state index < -0.39 is 53.9 Å². The van der Waals surface area contributed by atoms with Gasteiger partial charge in [0.05, 0.1) is 22.8 Å². The smallest absolute Gasteiger partial charge is 0.282 e. The van der Waals surface area contributed by atoms with Gasteiger partial charge in [-0.15, -0.1) is 0 Å². The van der Waals surface area contributed by atoms with E-state index in [4.69, 9.17) is 21.1 Å². The third-order valence-corrected chi connectivity index (χ3v) is 6.31. The molecule has 0 unspecified atom stereocenters. The lowest BCUT2D eigenvalue weighted by Gasteiger charge is -2.31. The van der Waals surface area contributed by atoms with Gasteiger partial charge in [-0.05, 0) is 53.3 Å². The van der Waals surface area contributed by atoms with Crippen molar-refractivity contribution in [2.45, 2.75) is 43.3 Å². The second-order valence-corrected chi connectivity index (χ2v) is 8.14. The zero-order chi connectivity index (χ0) is 22.5. The first-order chi connectivity index (χ1) is 14.7. The van der Waals surface area contributed by atoms with Crippen LogP contribution in [0, 0.1) is 23.0 Å². The molecule has 0 heterocycles. The van der Waals surface area contributed by atoms with Crippen molar-refractivity contribution < 1.29 is 32.1 Å². The Morgan fingerprint density at radius 1 is 1.19 bits per heavy atom. The second-order valence-electron chi connectivity index (χ2n) is 7.76. The molecule has 0 saturated carbocycles. The number of fused-ring (bicyclic) bond motifs is 2. The van der Waals surface area contributed by atoms with Gasteiger partial charge in [0.15, 0.2) is 6.10 Å². The van der Waals surface area contributed by atoms with Crippen molar-refractivity contribution in [1.82, 2.24) is 0 Å². The van der Waals surface area contributed by atoms with Gasteiger partial charge in [0.25, 0.3) is 5.92 Å². The Morgan fingerprint density at radius 2 is 1.94 bits per heavy atom. The molecule has 2 aromatic rings. The Hall–Kier alpha value is -2.18. The summed E-state index contributed by atoms with van der Waals surface area (Å²) in [5.74, 6) is -5.63. The van der Waals surface area contributed by atoms with Crippen LogP contribution >= 0.6 is 11.6 Å². The van der Waals surface area contributed by atoms with Crippen molar-refractivity contribution in [2.75, 3.05) is 13.9 Å². The number of ether oxygens (including phenoxy) is 2. The molecule has 3 atom stereocenters. The summed E-state index contributed by atoms with van der Waals surface area (Å²) in [5, 5.41) is 19.4. The van der Waals surface area contributed by atoms with E-state index in [0.29, 0.717) is 5.56 Å². The normalized spacial score (nSPS) is 23.9. The van der Waals surface area contributed by atoms with Gasteiger partial charge < -0.3 is 14.6 Å². The van der Waals surface area contributed by atoms with Crippen LogP contribution in [0.5, 0.6) is 0 Å². The molecule has 4 rings (SSSR count). The average Bonchev–Trinajstić information content (AvgIpc) is 3.00. The summed E-state index contributed by atoms with van der Waals surface area (Å²) in [4.78, 5) is 0. The first-order valence-electron chi connectivity index (χ1n) is 9.60. The Morgan fingerprint density at radius 3 is 2.61 bits per heavy atom. The highest BCUT2D eigenvalue weighted by atomic mass is 35.5. The minimum Gasteiger partial charge on any atom is -0.388 e. The highest BCUT2D eigenvalue weighted by Gasteiger charge is 2.52. The summed E-state index contributed by atoms with van der Waals surface area (Å²) in [6.45, 7) is -0.432. The molecule has 1 N–H and O–H groups in total. The van der Waals surface area contributed by atoms with E-state index in [1.165, 1.54) is 7.11 Å². The van der Waals surface area contributed by atoms with Crippen molar-refractivity contribution in [3.63, 3.8) is 0 Å². The molecular weight excluding hydrogens is 438 g/mol. The molecule has 4 nitrogen and oxygen atoms in total. The standard InChI is InChI=1S/C22H18ClF4NO3/c1-30-9-31-21-19-15(7-22(21,26)27)13(6-16(25)20(19)23)12-2-3-17(29)14-5-11(24)4-10(8-28)18(12)14/h4-6,12,17,21,29H,2-3,7,9H2,1H3/t12-,17-,21+/m1/s1. The number of rotatable bonds is 4. The van der Waals surface area contributed by atoms with Crippen LogP contribution in [0.2, 0.25) is 5.02 Å². The van der Waals surface area contributed by atoms with E-state index >= 15 is 0 Å². The lowest BCUT2D eigenvalue weighted by Crippen LogP contribution is -2.25. The van der Waals surface area contributed by atoms with E-state index in [1.54, 1.807) is 0 Å². The molecule has 2 aliphatic carbocycles. The number of alkyl halides is 2. The van der Waals surface area contributed by atoms with Crippen LogP contribution in [0.3, 0.4) is 0 Å². The molecule has 0 aliphatic heterocycles. The Bertz CT molecular complexity index is 1090. The molecule has 0 radical (unpaired) electrons. The van der Waals surface area contributed by atoms with Gasteiger partial charge >= 0.3 is 0 Å². The monoisotopic (exact) mass is 455 g/mol. The quantitative estimate of drug-likeness (QED) is 0.502. The zero-order valence-electron chi connectivity index (χ0n) is 16.4. The van der Waals surface area contributed by atoms with E-state index in [0.717, 1.165) is 18.2 Å². The van der Waals surface area contributed by atoms with E-state index in [-0.39, 0.29) is 40.7 Å². The SMILES string of the molecule is COCO[C@H]1c2c(Cl)c(F)cc([C@H]3CC[C@@H](O)c4cc(F)cc(C#N)c43)c2CC1(F)F. The van der Waals surface area contributed by atoms with E-state index in [9.17, 15) is 27.9 Å². The van der Waals surface area contributed by atoms with Crippen LogP contribution in [-0.2, 0) is 15.9 Å². The molecule has 9 heteroatoms. The maximum atomic E-state index is 14.8. The molecule has 0 spiro atoms. The number of aliphatic hydroxyl groups excluding tert-OH is 1. The van der Waals surface area contributed by atoms with Crippen LogP contribution in [0.15, 0.2) is 18.2 Å². The summed E-state index contributed by atoms with van der Waals surface area (Å²) >= 11 is 6.08. The van der Waals surface area contributed by atoms with Crippen LogP contribution in [0.25, 0.3) is 0 Å². The second kappa shape index (κ2) is 8.06. The number of methoxy groups -OCH3 is 1. The van der Waals surface area contributed by atoms with Gasteiger partial charge in [-0.3, -0.25) is 0 Å². The fraction of sp³-hybridized carbons (Fsp3) is 0.409. The first-order valence-corrected chi connectivity index (χ1v) is 9.98. The third kappa shape index (κ3) is 3.60. The Labute approximate surface area is 181 Å². The summed E-state index contributed by atoms with van der Waals surface area (Å²) in [6, 6.07) is 5.14. The Kier molecular flexibility index (Phi) is 5.73. The van der Waals surface area contributed by atoms with Gasteiger partial charge in [0.2, 0.25) is 0 Å². The highest BCUT2D eigenvalue weighted by Crippen LogP contribution is 2.53. The van der Waals surface area contributed by atoms with Crippen molar-refractivity contribution in [3.05, 3.63) is 68.2 Å². The molecule has 0 fully saturated rings. The fourth-order valence-electron chi connectivity index (χ4n) is 4.70. The third-order valence-electron chi connectivity index (χ3n) is 5.92. The molecule has 0 saturated heterocycles. The molecule has 31 heavy (non-hydrogen) atoms. The van der Waals surface area contributed by atoms with Crippen molar-refractivity contribution in [1.29, 1.82) is 5.26 Å². The van der Waals surface area contributed by atoms with E-state index in [1.807, 2.05) is 6.07 Å². The molecular formula is C22H18ClF4NO3. The molecule has 0 bridgehead atoms. The number of halogens is 5. The molecule has 164 valence electrons. The van der Waals surface area contributed by atoms with Crippen molar-refractivity contribution >= 4 is 11.6 Å². The molecule has 2 aliphatic rings. The predicted octanol–water partition coefficient (Wildman–Crippen LogP) is 5.30. The molecule has 0 aromatic heterocycles. The molecule has 0 amide bonds. The van der Waals surface area contributed by atoms with Crippen molar-refractivity contribution in [3.8, 4) is 6.07 Å². The largest absolute Gasteiger partial charge is 0.388 e. The lowest BCUT2D eigenvalue weighted by atomic mass is 9.74. The number of hydrogen-bond donors (Lipinski definition) is 1. The van der Waals surface area contributed by atoms with Gasteiger partial charge in [0.1, 0.15) is 18.4 Å². The average molecular weight is 456 g/mol. The minimum absolute atomic E-state index is 0.0280. The van der Waals surface area contributed by atoms with Crippen LogP contribution < -0.4 is 0 Å². The van der Waals surface area contributed by atoms with Crippen molar-refractivity contribution in [2.24, 2.45) is 0 Å². The Balaban J connectivity index is 1.93. The summed E-state index contributed by atoms with van der Waals surface area (Å²) in [6.07, 6.45) is -3.08.